The van der Waals surface area contributed by atoms with Gasteiger partial charge in [-0.1, -0.05) is 12.1 Å². The Kier molecular flexibility index (Phi) is 5.08. The molecule has 1 aliphatic rings. The lowest BCUT2D eigenvalue weighted by Gasteiger charge is -2.28. The summed E-state index contributed by atoms with van der Waals surface area (Å²) in [5.41, 5.74) is 5.45. The Bertz CT molecular complexity index is 797. The molecule has 5 nitrogen and oxygen atoms in total. The number of nitrogens with two attached hydrogens (primary N) is 1. The van der Waals surface area contributed by atoms with Crippen molar-refractivity contribution < 1.29 is 18.0 Å². The molecule has 1 aromatic heterocycles. The summed E-state index contributed by atoms with van der Waals surface area (Å²) in [5, 5.41) is 0. The van der Waals surface area contributed by atoms with Crippen LogP contribution >= 0.6 is 15.9 Å². The monoisotopic (exact) mass is 428 g/mol. The summed E-state index contributed by atoms with van der Waals surface area (Å²) in [5.74, 6) is 0.442. The molecule has 9 heteroatoms. The number of hydrogen-bond donors (Lipinski definition) is 1. The van der Waals surface area contributed by atoms with E-state index in [9.17, 15) is 18.0 Å². The van der Waals surface area contributed by atoms with Crippen molar-refractivity contribution in [3.63, 3.8) is 0 Å². The molecule has 1 saturated heterocycles. The van der Waals surface area contributed by atoms with Gasteiger partial charge in [-0.05, 0) is 46.6 Å². The molecular formula is C17H16BrF3N4O. The molecule has 3 rings (SSSR count). The van der Waals surface area contributed by atoms with Crippen LogP contribution in [0.15, 0.2) is 47.1 Å². The molecule has 26 heavy (non-hydrogen) atoms. The maximum absolute atomic E-state index is 12.7. The number of carbonyl (C=O) groups is 1. The van der Waals surface area contributed by atoms with Gasteiger partial charge in [0.1, 0.15) is 5.82 Å². The minimum Gasteiger partial charge on any atom is -0.354 e. The van der Waals surface area contributed by atoms with E-state index in [1.165, 1.54) is 11.0 Å². The molecule has 0 unspecified atom stereocenters. The minimum absolute atomic E-state index is 0.199. The lowest BCUT2D eigenvalue weighted by Crippen LogP contribution is -2.45. The second kappa shape index (κ2) is 7.14. The number of benzene rings is 1. The third kappa shape index (κ3) is 3.77. The van der Waals surface area contributed by atoms with Gasteiger partial charge in [-0.3, -0.25) is 4.90 Å². The third-order valence-electron chi connectivity index (χ3n) is 4.28. The summed E-state index contributed by atoms with van der Waals surface area (Å²) >= 11 is 3.42. The molecule has 138 valence electrons. The lowest BCUT2D eigenvalue weighted by atomic mass is 10.2. The molecule has 1 fully saturated rings. The number of carbonyl (C=O) groups excluding carboxylic acids is 1. The number of nitrogens with zero attached hydrogens (tertiary/aromatic N) is 3. The minimum atomic E-state index is -4.42. The fourth-order valence-electron chi connectivity index (χ4n) is 3.04. The van der Waals surface area contributed by atoms with E-state index in [4.69, 9.17) is 5.73 Å². The van der Waals surface area contributed by atoms with Crippen LogP contribution in [0.4, 0.5) is 29.5 Å². The summed E-state index contributed by atoms with van der Waals surface area (Å²) < 4.78 is 38.7. The van der Waals surface area contributed by atoms with Gasteiger partial charge >= 0.3 is 12.2 Å². The smallest absolute Gasteiger partial charge is 0.354 e. The van der Waals surface area contributed by atoms with Gasteiger partial charge in [0.2, 0.25) is 0 Å². The third-order valence-corrected chi connectivity index (χ3v) is 4.95. The van der Waals surface area contributed by atoms with Gasteiger partial charge in [-0.2, -0.15) is 13.2 Å². The lowest BCUT2D eigenvalue weighted by molar-refractivity contribution is -0.137. The Morgan fingerprint density at radius 2 is 2.00 bits per heavy atom. The van der Waals surface area contributed by atoms with E-state index < -0.39 is 17.8 Å². The number of aromatic nitrogens is 1. The summed E-state index contributed by atoms with van der Waals surface area (Å²) in [7, 11) is 0. The van der Waals surface area contributed by atoms with E-state index in [-0.39, 0.29) is 6.04 Å². The Morgan fingerprint density at radius 3 is 2.58 bits per heavy atom. The first-order valence-electron chi connectivity index (χ1n) is 7.89. The van der Waals surface area contributed by atoms with Gasteiger partial charge in [0.15, 0.2) is 0 Å². The van der Waals surface area contributed by atoms with E-state index in [1.54, 1.807) is 12.1 Å². The SMILES string of the molecule is NC(=O)N(c1ccccc1Br)[C@@H]1CCN(c2ccc(C(F)(F)F)cn2)C1. The van der Waals surface area contributed by atoms with E-state index in [0.29, 0.717) is 31.0 Å². The highest BCUT2D eigenvalue weighted by Gasteiger charge is 2.34. The highest BCUT2D eigenvalue weighted by Crippen LogP contribution is 2.32. The van der Waals surface area contributed by atoms with Gasteiger partial charge in [0.05, 0.1) is 17.3 Å². The van der Waals surface area contributed by atoms with E-state index in [1.807, 2.05) is 17.0 Å². The van der Waals surface area contributed by atoms with Crippen molar-refractivity contribution in [1.82, 2.24) is 4.98 Å². The second-order valence-electron chi connectivity index (χ2n) is 5.95. The van der Waals surface area contributed by atoms with Crippen molar-refractivity contribution in [3.8, 4) is 0 Å². The molecule has 0 spiro atoms. The molecule has 2 amide bonds. The standard InChI is InChI=1S/C17H16BrF3N4O/c18-13-3-1-2-4-14(13)25(16(22)26)12-7-8-24(10-12)15-6-5-11(9-23-15)17(19,20)21/h1-6,9,12H,7-8,10H2,(H2,22,26)/t12-/m1/s1. The van der Waals surface area contributed by atoms with Gasteiger partial charge in [-0.25, -0.2) is 9.78 Å². The normalized spacial score (nSPS) is 17.4. The largest absolute Gasteiger partial charge is 0.417 e. The van der Waals surface area contributed by atoms with Crippen LogP contribution in [0.5, 0.6) is 0 Å². The fourth-order valence-corrected chi connectivity index (χ4v) is 3.52. The van der Waals surface area contributed by atoms with Crippen LogP contribution < -0.4 is 15.5 Å². The van der Waals surface area contributed by atoms with Crippen molar-refractivity contribution >= 4 is 33.5 Å². The van der Waals surface area contributed by atoms with Crippen LogP contribution in [-0.2, 0) is 6.18 Å². The number of amides is 2. The number of primary amides is 1. The molecular weight excluding hydrogens is 413 g/mol. The number of urea groups is 1. The molecule has 1 atom stereocenters. The highest BCUT2D eigenvalue weighted by atomic mass is 79.9. The van der Waals surface area contributed by atoms with Crippen LogP contribution in [-0.4, -0.2) is 30.1 Å². The molecule has 0 saturated carbocycles. The van der Waals surface area contributed by atoms with Crippen molar-refractivity contribution in [2.24, 2.45) is 5.73 Å². The Morgan fingerprint density at radius 1 is 1.27 bits per heavy atom. The van der Waals surface area contributed by atoms with Gasteiger partial charge in [-0.15, -0.1) is 0 Å². The maximum Gasteiger partial charge on any atom is 0.417 e. The first kappa shape index (κ1) is 18.5. The van der Waals surface area contributed by atoms with Crippen LogP contribution in [0.2, 0.25) is 0 Å². The summed E-state index contributed by atoms with van der Waals surface area (Å²) in [6, 6.07) is 8.82. The second-order valence-corrected chi connectivity index (χ2v) is 6.81. The summed E-state index contributed by atoms with van der Waals surface area (Å²) in [6.45, 7) is 1.000. The molecule has 0 bridgehead atoms. The zero-order chi connectivity index (χ0) is 18.9. The molecule has 1 aliphatic heterocycles. The number of anilines is 2. The molecule has 0 aliphatic carbocycles. The van der Waals surface area contributed by atoms with Gasteiger partial charge in [0.25, 0.3) is 0 Å². The fraction of sp³-hybridized carbons (Fsp3) is 0.294. The first-order chi connectivity index (χ1) is 12.3. The number of para-hydroxylation sites is 1. The number of pyridine rings is 1. The van der Waals surface area contributed by atoms with E-state index in [0.717, 1.165) is 16.7 Å². The molecule has 2 aromatic rings. The summed E-state index contributed by atoms with van der Waals surface area (Å²) in [4.78, 5) is 19.3. The molecule has 0 radical (unpaired) electrons. The van der Waals surface area contributed by atoms with Crippen molar-refractivity contribution in [2.45, 2.75) is 18.6 Å². The van der Waals surface area contributed by atoms with E-state index >= 15 is 0 Å². The number of rotatable bonds is 3. The Labute approximate surface area is 156 Å². The van der Waals surface area contributed by atoms with Crippen LogP contribution in [0.1, 0.15) is 12.0 Å². The highest BCUT2D eigenvalue weighted by molar-refractivity contribution is 9.10. The molecule has 2 heterocycles. The Balaban J connectivity index is 1.78. The number of alkyl halides is 3. The number of halogens is 4. The van der Waals surface area contributed by atoms with Crippen molar-refractivity contribution in [3.05, 3.63) is 52.6 Å². The van der Waals surface area contributed by atoms with E-state index in [2.05, 4.69) is 20.9 Å². The topological polar surface area (TPSA) is 62.5 Å². The molecule has 1 aromatic carbocycles. The Hall–Kier alpha value is -2.29. The van der Waals surface area contributed by atoms with Gasteiger partial charge in [0, 0.05) is 23.8 Å². The summed E-state index contributed by atoms with van der Waals surface area (Å²) in [6.07, 6.45) is -2.96. The maximum atomic E-state index is 12.7. The van der Waals surface area contributed by atoms with Gasteiger partial charge < -0.3 is 10.6 Å². The van der Waals surface area contributed by atoms with Crippen LogP contribution in [0.25, 0.3) is 0 Å². The molecule has 2 N–H and O–H groups in total. The van der Waals surface area contributed by atoms with Crippen molar-refractivity contribution in [1.29, 1.82) is 0 Å². The average Bonchev–Trinajstić information content (AvgIpc) is 3.05. The van der Waals surface area contributed by atoms with Crippen LogP contribution in [0, 0.1) is 0 Å². The zero-order valence-electron chi connectivity index (χ0n) is 13.6. The first-order valence-corrected chi connectivity index (χ1v) is 8.68. The quantitative estimate of drug-likeness (QED) is 0.802. The number of hydrogen-bond acceptors (Lipinski definition) is 3. The van der Waals surface area contributed by atoms with Crippen molar-refractivity contribution in [2.75, 3.05) is 22.9 Å². The zero-order valence-corrected chi connectivity index (χ0v) is 15.2. The van der Waals surface area contributed by atoms with Crippen LogP contribution in [0.3, 0.4) is 0 Å². The predicted molar refractivity (Wildman–Crippen MR) is 96.1 cm³/mol. The predicted octanol–water partition coefficient (Wildman–Crippen LogP) is 4.03. The average molecular weight is 429 g/mol.